The van der Waals surface area contributed by atoms with Crippen LogP contribution in [0.4, 0.5) is 5.82 Å². The lowest BCUT2D eigenvalue weighted by molar-refractivity contribution is -0.119. The van der Waals surface area contributed by atoms with E-state index in [1.165, 1.54) is 5.56 Å². The lowest BCUT2D eigenvalue weighted by atomic mass is 9.92. The van der Waals surface area contributed by atoms with Crippen LogP contribution in [-0.4, -0.2) is 39.9 Å². The average Bonchev–Trinajstić information content (AvgIpc) is 3.08. The van der Waals surface area contributed by atoms with Gasteiger partial charge in [0.1, 0.15) is 0 Å². The average molecular weight is 402 g/mol. The van der Waals surface area contributed by atoms with Gasteiger partial charge in [0.15, 0.2) is 5.82 Å². The van der Waals surface area contributed by atoms with Crippen LogP contribution in [0.5, 0.6) is 0 Å². The van der Waals surface area contributed by atoms with Gasteiger partial charge in [-0.05, 0) is 42.9 Å². The minimum absolute atomic E-state index is 0. The number of aryl methyl sites for hydroxylation is 2. The summed E-state index contributed by atoms with van der Waals surface area (Å²) in [4.78, 5) is 16.3. The first-order chi connectivity index (χ1) is 11.7. The van der Waals surface area contributed by atoms with E-state index < -0.39 is 6.04 Å². The molecule has 3 N–H and O–H groups in total. The first-order valence-corrected chi connectivity index (χ1v) is 8.29. The number of nitrogens with zero attached hydrogens (tertiary/aromatic N) is 3. The molecule has 1 atom stereocenters. The number of hydrogen-bond donors (Lipinski definition) is 2. The second-order valence-corrected chi connectivity index (χ2v) is 6.03. The van der Waals surface area contributed by atoms with Gasteiger partial charge in [-0.1, -0.05) is 0 Å². The Morgan fingerprint density at radius 2 is 1.96 bits per heavy atom. The number of nitrogens with two attached hydrogens (primary N) is 1. The zero-order chi connectivity index (χ0) is 16.8. The van der Waals surface area contributed by atoms with Crippen LogP contribution in [0.1, 0.15) is 18.4 Å². The Bertz CT molecular complexity index is 662. The summed E-state index contributed by atoms with van der Waals surface area (Å²) in [6, 6.07) is 5.25. The maximum Gasteiger partial charge on any atom is 0.242 e. The van der Waals surface area contributed by atoms with Crippen LogP contribution in [0.3, 0.4) is 0 Å². The standard InChI is InChI=1S/C17H23N5O2.2ClH/c18-16(14-5-11-24-12-6-14)17(23)20-15-4-10-22(21-15)9-3-13-1-7-19-8-2-13;;/h1-2,4,7-8,10,14,16H,3,5-6,9,11-12,18H2,(H,20,21,23);2*1H. The monoisotopic (exact) mass is 401 g/mol. The molecule has 1 amide bonds. The van der Waals surface area contributed by atoms with E-state index in [0.29, 0.717) is 19.0 Å². The summed E-state index contributed by atoms with van der Waals surface area (Å²) < 4.78 is 7.12. The molecule has 0 saturated carbocycles. The minimum Gasteiger partial charge on any atom is -0.381 e. The molecule has 2 aromatic rings. The molecule has 1 aliphatic heterocycles. The third kappa shape index (κ3) is 6.25. The van der Waals surface area contributed by atoms with Gasteiger partial charge < -0.3 is 15.8 Å². The number of rotatable bonds is 6. The number of carbonyl (C=O) groups is 1. The maximum absolute atomic E-state index is 12.3. The van der Waals surface area contributed by atoms with Crippen molar-refractivity contribution >= 4 is 36.5 Å². The fourth-order valence-electron chi connectivity index (χ4n) is 2.84. The third-order valence-corrected chi connectivity index (χ3v) is 4.35. The molecule has 0 aromatic carbocycles. The van der Waals surface area contributed by atoms with Crippen LogP contribution in [0, 0.1) is 5.92 Å². The molecule has 0 aliphatic carbocycles. The smallest absolute Gasteiger partial charge is 0.242 e. The summed E-state index contributed by atoms with van der Waals surface area (Å²) in [5, 5.41) is 7.19. The van der Waals surface area contributed by atoms with Crippen LogP contribution in [0.2, 0.25) is 0 Å². The van der Waals surface area contributed by atoms with Crippen LogP contribution < -0.4 is 11.1 Å². The predicted octanol–water partition coefficient (Wildman–Crippen LogP) is 2.06. The Labute approximate surface area is 165 Å². The van der Waals surface area contributed by atoms with Crippen molar-refractivity contribution in [3.8, 4) is 0 Å². The number of ether oxygens (including phenoxy) is 1. The van der Waals surface area contributed by atoms with Gasteiger partial charge in [-0.25, -0.2) is 0 Å². The van der Waals surface area contributed by atoms with Gasteiger partial charge in [0.2, 0.25) is 5.91 Å². The number of halogens is 2. The highest BCUT2D eigenvalue weighted by Gasteiger charge is 2.26. The van der Waals surface area contributed by atoms with Crippen LogP contribution in [-0.2, 0) is 22.5 Å². The molecule has 0 spiro atoms. The summed E-state index contributed by atoms with van der Waals surface area (Å²) in [6.45, 7) is 2.09. The van der Waals surface area contributed by atoms with Crippen molar-refractivity contribution in [2.45, 2.75) is 31.8 Å². The van der Waals surface area contributed by atoms with Gasteiger partial charge in [0, 0.05) is 44.4 Å². The van der Waals surface area contributed by atoms with Crippen molar-refractivity contribution in [3.05, 3.63) is 42.4 Å². The fraction of sp³-hybridized carbons (Fsp3) is 0.471. The molecule has 1 aliphatic rings. The molecular formula is C17H25Cl2N5O2. The van der Waals surface area contributed by atoms with E-state index in [2.05, 4.69) is 15.4 Å². The molecule has 7 nitrogen and oxygen atoms in total. The zero-order valence-electron chi connectivity index (χ0n) is 14.4. The Kier molecular flexibility index (Phi) is 9.58. The molecule has 2 aromatic heterocycles. The van der Waals surface area contributed by atoms with E-state index in [0.717, 1.165) is 25.8 Å². The maximum atomic E-state index is 12.3. The van der Waals surface area contributed by atoms with Gasteiger partial charge in [-0.3, -0.25) is 14.5 Å². The van der Waals surface area contributed by atoms with Crippen molar-refractivity contribution in [2.75, 3.05) is 18.5 Å². The normalized spacial score (nSPS) is 15.4. The molecule has 9 heteroatoms. The van der Waals surface area contributed by atoms with E-state index in [1.807, 2.05) is 23.0 Å². The zero-order valence-corrected chi connectivity index (χ0v) is 16.0. The number of hydrogen-bond acceptors (Lipinski definition) is 5. The number of carbonyl (C=O) groups excluding carboxylic acids is 1. The minimum atomic E-state index is -0.518. The van der Waals surface area contributed by atoms with E-state index in [9.17, 15) is 4.79 Å². The molecule has 3 rings (SSSR count). The molecule has 26 heavy (non-hydrogen) atoms. The molecule has 1 saturated heterocycles. The van der Waals surface area contributed by atoms with Crippen molar-refractivity contribution in [1.82, 2.24) is 14.8 Å². The van der Waals surface area contributed by atoms with Gasteiger partial charge >= 0.3 is 0 Å². The van der Waals surface area contributed by atoms with Crippen LogP contribution in [0.25, 0.3) is 0 Å². The van der Waals surface area contributed by atoms with E-state index in [4.69, 9.17) is 10.5 Å². The Morgan fingerprint density at radius 3 is 2.65 bits per heavy atom. The lowest BCUT2D eigenvalue weighted by Crippen LogP contribution is -2.44. The summed E-state index contributed by atoms with van der Waals surface area (Å²) in [5.74, 6) is 0.533. The largest absolute Gasteiger partial charge is 0.381 e. The Hall–Kier alpha value is -1.67. The van der Waals surface area contributed by atoms with Crippen molar-refractivity contribution in [2.24, 2.45) is 11.7 Å². The lowest BCUT2D eigenvalue weighted by Gasteiger charge is -2.26. The molecule has 0 radical (unpaired) electrons. The van der Waals surface area contributed by atoms with Crippen LogP contribution >= 0.6 is 24.8 Å². The van der Waals surface area contributed by atoms with Gasteiger partial charge in [0.05, 0.1) is 6.04 Å². The second kappa shape index (κ2) is 11.1. The molecule has 1 fully saturated rings. The number of amides is 1. The van der Waals surface area contributed by atoms with Crippen molar-refractivity contribution in [1.29, 1.82) is 0 Å². The number of aromatic nitrogens is 3. The summed E-state index contributed by atoms with van der Waals surface area (Å²) in [5.41, 5.74) is 7.27. The van der Waals surface area contributed by atoms with Gasteiger partial charge in [-0.15, -0.1) is 24.8 Å². The highest BCUT2D eigenvalue weighted by atomic mass is 35.5. The highest BCUT2D eigenvalue weighted by molar-refractivity contribution is 5.94. The van der Waals surface area contributed by atoms with Crippen molar-refractivity contribution < 1.29 is 9.53 Å². The number of anilines is 1. The third-order valence-electron chi connectivity index (χ3n) is 4.35. The van der Waals surface area contributed by atoms with E-state index in [1.54, 1.807) is 18.5 Å². The molecular weight excluding hydrogens is 377 g/mol. The summed E-state index contributed by atoms with van der Waals surface area (Å²) in [7, 11) is 0. The quantitative estimate of drug-likeness (QED) is 0.771. The topological polar surface area (TPSA) is 95.1 Å². The van der Waals surface area contributed by atoms with Crippen molar-refractivity contribution in [3.63, 3.8) is 0 Å². The van der Waals surface area contributed by atoms with E-state index >= 15 is 0 Å². The molecule has 144 valence electrons. The Morgan fingerprint density at radius 1 is 1.27 bits per heavy atom. The predicted molar refractivity (Wildman–Crippen MR) is 105 cm³/mol. The summed E-state index contributed by atoms with van der Waals surface area (Å²) in [6.07, 6.45) is 7.93. The first kappa shape index (κ1) is 22.4. The van der Waals surface area contributed by atoms with Gasteiger partial charge in [0.25, 0.3) is 0 Å². The first-order valence-electron chi connectivity index (χ1n) is 8.29. The van der Waals surface area contributed by atoms with Crippen LogP contribution in [0.15, 0.2) is 36.8 Å². The SMILES string of the molecule is Cl.Cl.NC(C(=O)Nc1ccn(CCc2ccncc2)n1)C1CCOCC1. The summed E-state index contributed by atoms with van der Waals surface area (Å²) >= 11 is 0. The highest BCUT2D eigenvalue weighted by Crippen LogP contribution is 2.18. The number of nitrogens with one attached hydrogen (secondary N) is 1. The molecule has 1 unspecified atom stereocenters. The van der Waals surface area contributed by atoms with E-state index in [-0.39, 0.29) is 36.6 Å². The Balaban J connectivity index is 0.00000169. The molecule has 0 bridgehead atoms. The molecule has 3 heterocycles. The number of pyridine rings is 1. The fourth-order valence-corrected chi connectivity index (χ4v) is 2.84. The second-order valence-electron chi connectivity index (χ2n) is 6.03. The van der Waals surface area contributed by atoms with Gasteiger partial charge in [-0.2, -0.15) is 5.10 Å².